The average Bonchev–Trinajstić information content (AvgIpc) is 2.07. The van der Waals surface area contributed by atoms with Crippen molar-refractivity contribution in [2.75, 3.05) is 5.73 Å². The average molecular weight is 240 g/mol. The molecule has 0 aliphatic carbocycles. The van der Waals surface area contributed by atoms with E-state index in [0.717, 1.165) is 0 Å². The molecule has 0 unspecified atom stereocenters. The van der Waals surface area contributed by atoms with Crippen LogP contribution in [0.25, 0.3) is 0 Å². The number of ether oxygens (including phenoxy) is 1. The van der Waals surface area contributed by atoms with Gasteiger partial charge in [-0.25, -0.2) is 4.39 Å². The number of nitrogens with zero attached hydrogens (tertiary/aromatic N) is 1. The van der Waals surface area contributed by atoms with E-state index >= 15 is 0 Å². The van der Waals surface area contributed by atoms with Gasteiger partial charge in [-0.2, -0.15) is 0 Å². The first kappa shape index (κ1) is 12.0. The molecule has 1 aromatic carbocycles. The lowest BCUT2D eigenvalue weighted by molar-refractivity contribution is -0.384. The highest BCUT2D eigenvalue weighted by Gasteiger charge is 2.32. The molecule has 0 aromatic heterocycles. The molecular weight excluding hydrogens is 236 g/mol. The van der Waals surface area contributed by atoms with E-state index < -0.39 is 34.2 Å². The number of rotatable bonds is 2. The number of nitrogens with two attached hydrogens (primary N) is 1. The zero-order valence-corrected chi connectivity index (χ0v) is 7.42. The quantitative estimate of drug-likeness (QED) is 0.372. The number of hydrogen-bond acceptors (Lipinski definition) is 4. The summed E-state index contributed by atoms with van der Waals surface area (Å²) in [6.45, 7) is 0. The van der Waals surface area contributed by atoms with E-state index in [0.29, 0.717) is 12.1 Å². The number of alkyl halides is 3. The summed E-state index contributed by atoms with van der Waals surface area (Å²) >= 11 is 0. The number of halogens is 4. The molecule has 0 heterocycles. The van der Waals surface area contributed by atoms with Crippen LogP contribution in [-0.2, 0) is 0 Å². The molecule has 0 saturated carbocycles. The second kappa shape index (κ2) is 3.83. The van der Waals surface area contributed by atoms with Gasteiger partial charge in [-0.15, -0.1) is 13.2 Å². The van der Waals surface area contributed by atoms with E-state index in [1.165, 1.54) is 0 Å². The maximum atomic E-state index is 12.9. The molecule has 5 nitrogen and oxygen atoms in total. The van der Waals surface area contributed by atoms with E-state index in [2.05, 4.69) is 4.74 Å². The number of hydrogen-bond donors (Lipinski definition) is 1. The van der Waals surface area contributed by atoms with Gasteiger partial charge in [-0.1, -0.05) is 0 Å². The van der Waals surface area contributed by atoms with Crippen LogP contribution in [0.2, 0.25) is 0 Å². The zero-order valence-electron chi connectivity index (χ0n) is 7.42. The van der Waals surface area contributed by atoms with Crippen LogP contribution in [0.15, 0.2) is 12.1 Å². The molecular formula is C7H4F4N2O3. The van der Waals surface area contributed by atoms with E-state index in [-0.39, 0.29) is 0 Å². The van der Waals surface area contributed by atoms with Gasteiger partial charge in [0.05, 0.1) is 11.0 Å². The monoisotopic (exact) mass is 240 g/mol. The molecule has 1 aromatic rings. The predicted octanol–water partition coefficient (Wildman–Crippen LogP) is 2.21. The number of nitrogen functional groups attached to an aromatic ring is 1. The molecule has 0 radical (unpaired) electrons. The van der Waals surface area contributed by atoms with E-state index in [1.807, 2.05) is 0 Å². The van der Waals surface area contributed by atoms with Crippen molar-refractivity contribution in [3.63, 3.8) is 0 Å². The van der Waals surface area contributed by atoms with Crippen molar-refractivity contribution in [1.82, 2.24) is 0 Å². The third kappa shape index (κ3) is 2.72. The number of nitro benzene ring substituents is 1. The summed E-state index contributed by atoms with van der Waals surface area (Å²) in [6, 6.07) is 0.710. The van der Waals surface area contributed by atoms with Gasteiger partial charge in [0, 0.05) is 6.07 Å². The summed E-state index contributed by atoms with van der Waals surface area (Å²) in [5.41, 5.74) is 3.13. The Labute approximate surface area is 85.6 Å². The minimum absolute atomic E-state index is 0.315. The van der Waals surface area contributed by atoms with Crippen LogP contribution in [0, 0.1) is 15.9 Å². The fourth-order valence-electron chi connectivity index (χ4n) is 0.923. The van der Waals surface area contributed by atoms with Crippen molar-refractivity contribution >= 4 is 11.4 Å². The fraction of sp³-hybridized carbons (Fsp3) is 0.143. The number of benzene rings is 1. The molecule has 0 aliphatic rings. The molecule has 1 rings (SSSR count). The second-order valence-corrected chi connectivity index (χ2v) is 2.64. The van der Waals surface area contributed by atoms with E-state index in [1.54, 1.807) is 0 Å². The fourth-order valence-corrected chi connectivity index (χ4v) is 0.923. The Kier molecular flexibility index (Phi) is 2.88. The predicted molar refractivity (Wildman–Crippen MR) is 44.1 cm³/mol. The molecule has 0 amide bonds. The minimum atomic E-state index is -5.06. The number of nitro groups is 1. The van der Waals surface area contributed by atoms with Gasteiger partial charge in [0.15, 0.2) is 5.82 Å². The van der Waals surface area contributed by atoms with Crippen LogP contribution in [-0.4, -0.2) is 11.3 Å². The highest BCUT2D eigenvalue weighted by molar-refractivity contribution is 5.61. The minimum Gasteiger partial charge on any atom is -0.405 e. The van der Waals surface area contributed by atoms with Gasteiger partial charge in [0.25, 0.3) is 5.69 Å². The summed E-state index contributed by atoms with van der Waals surface area (Å²) in [5.74, 6) is -2.39. The third-order valence-corrected chi connectivity index (χ3v) is 1.51. The standard InChI is InChI=1S/C7H4F4N2O3/c8-4-1-3(16-7(9,10)11)2-5(6(4)12)13(14)15/h1-2H,12H2. The Bertz CT molecular complexity index is 432. The third-order valence-electron chi connectivity index (χ3n) is 1.51. The van der Waals surface area contributed by atoms with Gasteiger partial charge in [0.1, 0.15) is 11.4 Å². The Balaban J connectivity index is 3.19. The van der Waals surface area contributed by atoms with Crippen molar-refractivity contribution in [3.8, 4) is 5.75 Å². The summed E-state index contributed by atoms with van der Waals surface area (Å²) < 4.78 is 51.5. The first-order valence-corrected chi connectivity index (χ1v) is 3.70. The van der Waals surface area contributed by atoms with Gasteiger partial charge in [0.2, 0.25) is 0 Å². The van der Waals surface area contributed by atoms with Crippen LogP contribution in [0.5, 0.6) is 5.75 Å². The topological polar surface area (TPSA) is 78.4 Å². The van der Waals surface area contributed by atoms with Crippen LogP contribution in [0.1, 0.15) is 0 Å². The summed E-state index contributed by atoms with van der Waals surface area (Å²) in [7, 11) is 0. The van der Waals surface area contributed by atoms with E-state index in [4.69, 9.17) is 5.73 Å². The van der Waals surface area contributed by atoms with Crippen molar-refractivity contribution in [1.29, 1.82) is 0 Å². The van der Waals surface area contributed by atoms with Crippen molar-refractivity contribution in [2.24, 2.45) is 0 Å². The first-order valence-electron chi connectivity index (χ1n) is 3.70. The van der Waals surface area contributed by atoms with Crippen molar-refractivity contribution in [3.05, 3.63) is 28.1 Å². The normalized spacial score (nSPS) is 11.2. The smallest absolute Gasteiger partial charge is 0.405 e. The molecule has 0 atom stereocenters. The highest BCUT2D eigenvalue weighted by atomic mass is 19.4. The molecule has 0 bridgehead atoms. The molecule has 88 valence electrons. The lowest BCUT2D eigenvalue weighted by atomic mass is 10.2. The second-order valence-electron chi connectivity index (χ2n) is 2.64. The van der Waals surface area contributed by atoms with Crippen LogP contribution >= 0.6 is 0 Å². The van der Waals surface area contributed by atoms with Gasteiger partial charge >= 0.3 is 6.36 Å². The Morgan fingerprint density at radius 3 is 2.38 bits per heavy atom. The lowest BCUT2D eigenvalue weighted by Crippen LogP contribution is -2.17. The van der Waals surface area contributed by atoms with Gasteiger partial charge < -0.3 is 10.5 Å². The summed E-state index contributed by atoms with van der Waals surface area (Å²) in [4.78, 5) is 9.20. The number of anilines is 1. The Morgan fingerprint density at radius 1 is 1.38 bits per heavy atom. The zero-order chi connectivity index (χ0) is 12.5. The molecule has 0 aliphatic heterocycles. The molecule has 2 N–H and O–H groups in total. The maximum absolute atomic E-state index is 12.9. The highest BCUT2D eigenvalue weighted by Crippen LogP contribution is 2.32. The first-order chi connectivity index (χ1) is 7.20. The molecule has 16 heavy (non-hydrogen) atoms. The lowest BCUT2D eigenvalue weighted by Gasteiger charge is -2.09. The molecule has 0 fully saturated rings. The summed E-state index contributed by atoms with van der Waals surface area (Å²) in [5, 5.41) is 10.3. The summed E-state index contributed by atoms with van der Waals surface area (Å²) in [6.07, 6.45) is -5.06. The van der Waals surface area contributed by atoms with Crippen LogP contribution in [0.3, 0.4) is 0 Å². The van der Waals surface area contributed by atoms with Crippen molar-refractivity contribution in [2.45, 2.75) is 6.36 Å². The SMILES string of the molecule is Nc1c(F)cc(OC(F)(F)F)cc1[N+](=O)[O-]. The van der Waals surface area contributed by atoms with Crippen LogP contribution < -0.4 is 10.5 Å². The van der Waals surface area contributed by atoms with Gasteiger partial charge in [-0.3, -0.25) is 10.1 Å². The Morgan fingerprint density at radius 2 is 1.94 bits per heavy atom. The van der Waals surface area contributed by atoms with Gasteiger partial charge in [-0.05, 0) is 0 Å². The largest absolute Gasteiger partial charge is 0.573 e. The van der Waals surface area contributed by atoms with Crippen LogP contribution in [0.4, 0.5) is 28.9 Å². The van der Waals surface area contributed by atoms with E-state index in [9.17, 15) is 27.7 Å². The molecule has 0 saturated heterocycles. The maximum Gasteiger partial charge on any atom is 0.573 e. The molecule has 0 spiro atoms. The molecule has 9 heteroatoms. The Hall–Kier alpha value is -2.06. The van der Waals surface area contributed by atoms with Crippen molar-refractivity contribution < 1.29 is 27.2 Å².